The summed E-state index contributed by atoms with van der Waals surface area (Å²) in [5.41, 5.74) is 2.61. The number of hydrogen-bond donors (Lipinski definition) is 1. The highest BCUT2D eigenvalue weighted by Gasteiger charge is 2.43. The van der Waals surface area contributed by atoms with Gasteiger partial charge in [-0.2, -0.15) is 0 Å². The topological polar surface area (TPSA) is 79.0 Å². The first-order chi connectivity index (χ1) is 15.0. The monoisotopic (exact) mass is 419 g/mol. The number of carbonyl (C=O) groups is 3. The fourth-order valence-corrected chi connectivity index (χ4v) is 4.05. The SMILES string of the molecule is CCOc1cccc(N2C(=O)C(c3ccc(NC(C)=O)cc3)=C(N3CCCC3)C2=O)c1. The molecule has 7 nitrogen and oxygen atoms in total. The molecule has 0 unspecified atom stereocenters. The van der Waals surface area contributed by atoms with Gasteiger partial charge in [0, 0.05) is 31.8 Å². The zero-order valence-electron chi connectivity index (χ0n) is 17.7. The summed E-state index contributed by atoms with van der Waals surface area (Å²) >= 11 is 0. The van der Waals surface area contributed by atoms with Crippen molar-refractivity contribution < 1.29 is 19.1 Å². The molecule has 0 atom stereocenters. The Balaban J connectivity index is 1.75. The van der Waals surface area contributed by atoms with E-state index >= 15 is 0 Å². The second kappa shape index (κ2) is 8.63. The standard InChI is InChI=1S/C24H25N3O4/c1-3-31-20-8-6-7-19(15-20)27-23(29)21(22(24(27)30)26-13-4-5-14-26)17-9-11-18(12-10-17)25-16(2)28/h6-12,15H,3-5,13-14H2,1-2H3,(H,25,28). The van der Waals surface area contributed by atoms with Crippen LogP contribution in [0.5, 0.6) is 5.75 Å². The highest BCUT2D eigenvalue weighted by atomic mass is 16.5. The van der Waals surface area contributed by atoms with Crippen LogP contribution in [0.4, 0.5) is 11.4 Å². The van der Waals surface area contributed by atoms with Crippen molar-refractivity contribution in [1.29, 1.82) is 0 Å². The zero-order valence-corrected chi connectivity index (χ0v) is 17.7. The highest BCUT2D eigenvalue weighted by molar-refractivity contribution is 6.45. The number of imide groups is 1. The van der Waals surface area contributed by atoms with E-state index in [2.05, 4.69) is 5.32 Å². The van der Waals surface area contributed by atoms with Crippen LogP contribution in [-0.4, -0.2) is 42.3 Å². The van der Waals surface area contributed by atoms with Crippen LogP contribution in [0.3, 0.4) is 0 Å². The van der Waals surface area contributed by atoms with Gasteiger partial charge in [-0.25, -0.2) is 4.90 Å². The first-order valence-corrected chi connectivity index (χ1v) is 10.5. The number of nitrogens with zero attached hydrogens (tertiary/aromatic N) is 2. The van der Waals surface area contributed by atoms with E-state index in [1.54, 1.807) is 48.5 Å². The van der Waals surface area contributed by atoms with E-state index in [-0.39, 0.29) is 17.7 Å². The van der Waals surface area contributed by atoms with Gasteiger partial charge in [-0.15, -0.1) is 0 Å². The molecule has 2 aromatic rings. The van der Waals surface area contributed by atoms with Gasteiger partial charge in [-0.1, -0.05) is 18.2 Å². The first-order valence-electron chi connectivity index (χ1n) is 10.5. The number of rotatable bonds is 6. The lowest BCUT2D eigenvalue weighted by Crippen LogP contribution is -2.34. The molecule has 1 fully saturated rings. The molecule has 31 heavy (non-hydrogen) atoms. The Kier molecular flexibility index (Phi) is 5.75. The van der Waals surface area contributed by atoms with Crippen LogP contribution in [0, 0.1) is 0 Å². The molecule has 0 bridgehead atoms. The number of hydrogen-bond acceptors (Lipinski definition) is 5. The van der Waals surface area contributed by atoms with Gasteiger partial charge >= 0.3 is 0 Å². The summed E-state index contributed by atoms with van der Waals surface area (Å²) < 4.78 is 5.55. The van der Waals surface area contributed by atoms with Gasteiger partial charge < -0.3 is 15.0 Å². The van der Waals surface area contributed by atoms with Gasteiger partial charge in [0.2, 0.25) is 5.91 Å². The Bertz CT molecular complexity index is 1050. The lowest BCUT2D eigenvalue weighted by molar-refractivity contribution is -0.120. The van der Waals surface area contributed by atoms with Gasteiger partial charge in [-0.3, -0.25) is 14.4 Å². The summed E-state index contributed by atoms with van der Waals surface area (Å²) in [5, 5.41) is 2.72. The average Bonchev–Trinajstić information content (AvgIpc) is 3.35. The van der Waals surface area contributed by atoms with E-state index in [1.165, 1.54) is 11.8 Å². The van der Waals surface area contributed by atoms with E-state index in [1.807, 2.05) is 11.8 Å². The quantitative estimate of drug-likeness (QED) is 0.726. The van der Waals surface area contributed by atoms with Crippen molar-refractivity contribution in [2.24, 2.45) is 0 Å². The maximum atomic E-state index is 13.5. The van der Waals surface area contributed by atoms with Crippen molar-refractivity contribution in [2.45, 2.75) is 26.7 Å². The number of carbonyl (C=O) groups excluding carboxylic acids is 3. The van der Waals surface area contributed by atoms with Crippen molar-refractivity contribution in [2.75, 3.05) is 29.9 Å². The van der Waals surface area contributed by atoms with Crippen LogP contribution in [0.1, 0.15) is 32.3 Å². The van der Waals surface area contributed by atoms with E-state index < -0.39 is 0 Å². The Hall–Kier alpha value is -3.61. The molecule has 0 saturated carbocycles. The van der Waals surface area contributed by atoms with E-state index in [4.69, 9.17) is 4.74 Å². The molecule has 2 aliphatic rings. The van der Waals surface area contributed by atoms with Gasteiger partial charge in [0.15, 0.2) is 0 Å². The number of anilines is 2. The second-order valence-corrected chi connectivity index (χ2v) is 7.55. The van der Waals surface area contributed by atoms with Crippen LogP contribution in [0.2, 0.25) is 0 Å². The molecule has 1 saturated heterocycles. The molecule has 2 aliphatic heterocycles. The average molecular weight is 419 g/mol. The van der Waals surface area contributed by atoms with Crippen LogP contribution in [0.25, 0.3) is 5.57 Å². The fourth-order valence-electron chi connectivity index (χ4n) is 4.05. The molecule has 0 aromatic heterocycles. The number of benzene rings is 2. The Labute approximate surface area is 181 Å². The predicted molar refractivity (Wildman–Crippen MR) is 119 cm³/mol. The zero-order chi connectivity index (χ0) is 22.0. The summed E-state index contributed by atoms with van der Waals surface area (Å²) in [6.45, 7) is 5.31. The molecular weight excluding hydrogens is 394 g/mol. The van der Waals surface area contributed by atoms with Crippen LogP contribution >= 0.6 is 0 Å². The maximum Gasteiger partial charge on any atom is 0.282 e. The molecule has 0 radical (unpaired) electrons. The van der Waals surface area contributed by atoms with Crippen molar-refractivity contribution >= 4 is 34.7 Å². The Morgan fingerprint density at radius 2 is 1.74 bits per heavy atom. The van der Waals surface area contributed by atoms with Crippen LogP contribution < -0.4 is 15.0 Å². The van der Waals surface area contributed by atoms with Gasteiger partial charge in [0.1, 0.15) is 11.4 Å². The van der Waals surface area contributed by atoms with Crippen molar-refractivity contribution in [1.82, 2.24) is 4.90 Å². The molecule has 0 spiro atoms. The van der Waals surface area contributed by atoms with Gasteiger partial charge in [0.05, 0.1) is 17.9 Å². The fraction of sp³-hybridized carbons (Fsp3) is 0.292. The summed E-state index contributed by atoms with van der Waals surface area (Å²) in [5.74, 6) is -0.233. The maximum absolute atomic E-state index is 13.5. The van der Waals surface area contributed by atoms with E-state index in [9.17, 15) is 14.4 Å². The largest absolute Gasteiger partial charge is 0.494 e. The summed E-state index contributed by atoms with van der Waals surface area (Å²) in [6.07, 6.45) is 1.97. The number of ether oxygens (including phenoxy) is 1. The Morgan fingerprint density at radius 3 is 2.39 bits per heavy atom. The number of amides is 3. The summed E-state index contributed by atoms with van der Waals surface area (Å²) in [6, 6.07) is 14.0. The van der Waals surface area contributed by atoms with E-state index in [0.717, 1.165) is 25.9 Å². The third-order valence-electron chi connectivity index (χ3n) is 5.36. The second-order valence-electron chi connectivity index (χ2n) is 7.55. The minimum Gasteiger partial charge on any atom is -0.494 e. The van der Waals surface area contributed by atoms with Crippen molar-refractivity contribution in [3.8, 4) is 5.75 Å². The van der Waals surface area contributed by atoms with Crippen molar-refractivity contribution in [3.63, 3.8) is 0 Å². The first kappa shape index (κ1) is 20.7. The third kappa shape index (κ3) is 4.03. The molecule has 3 amide bonds. The van der Waals surface area contributed by atoms with Crippen LogP contribution in [0.15, 0.2) is 54.2 Å². The lowest BCUT2D eigenvalue weighted by atomic mass is 10.0. The summed E-state index contributed by atoms with van der Waals surface area (Å²) in [4.78, 5) is 41.5. The molecule has 2 heterocycles. The molecule has 7 heteroatoms. The highest BCUT2D eigenvalue weighted by Crippen LogP contribution is 2.37. The molecule has 2 aromatic carbocycles. The minimum atomic E-state index is -0.354. The molecule has 1 N–H and O–H groups in total. The van der Waals surface area contributed by atoms with Crippen LogP contribution in [-0.2, 0) is 14.4 Å². The van der Waals surface area contributed by atoms with Gasteiger partial charge in [0.25, 0.3) is 11.8 Å². The minimum absolute atomic E-state index is 0.169. The molecule has 160 valence electrons. The van der Waals surface area contributed by atoms with Gasteiger partial charge in [-0.05, 0) is 49.6 Å². The molecular formula is C24H25N3O4. The normalized spacial score (nSPS) is 16.3. The van der Waals surface area contributed by atoms with Crippen molar-refractivity contribution in [3.05, 3.63) is 59.8 Å². The third-order valence-corrected chi connectivity index (χ3v) is 5.36. The number of likely N-dealkylation sites (tertiary alicyclic amines) is 1. The summed E-state index contributed by atoms with van der Waals surface area (Å²) in [7, 11) is 0. The predicted octanol–water partition coefficient (Wildman–Crippen LogP) is 3.42. The Morgan fingerprint density at radius 1 is 1.03 bits per heavy atom. The molecule has 0 aliphatic carbocycles. The molecule has 4 rings (SSSR count). The number of nitrogens with one attached hydrogen (secondary N) is 1. The smallest absolute Gasteiger partial charge is 0.282 e. The lowest BCUT2D eigenvalue weighted by Gasteiger charge is -2.20. The van der Waals surface area contributed by atoms with E-state index in [0.29, 0.717) is 40.6 Å².